The fourth-order valence-electron chi connectivity index (χ4n) is 2.37. The number of aromatic nitrogens is 1. The van der Waals surface area contributed by atoms with Gasteiger partial charge in [0.25, 0.3) is 5.91 Å². The number of anilines is 1. The van der Waals surface area contributed by atoms with Crippen LogP contribution in [0.15, 0.2) is 60.1 Å². The first-order valence-electron chi connectivity index (χ1n) is 7.49. The molecule has 1 amide bonds. The highest BCUT2D eigenvalue weighted by Gasteiger charge is 2.10. The first-order chi connectivity index (χ1) is 11.9. The van der Waals surface area contributed by atoms with Gasteiger partial charge in [0.2, 0.25) is 0 Å². The van der Waals surface area contributed by atoms with Crippen molar-refractivity contribution in [2.75, 3.05) is 11.6 Å². The number of rotatable bonds is 5. The zero-order valence-corrected chi connectivity index (χ0v) is 15.1. The molecular formula is C18H16N2O3S2. The summed E-state index contributed by atoms with van der Waals surface area (Å²) in [6, 6.07) is 14.1. The molecule has 0 atom stereocenters. The van der Waals surface area contributed by atoms with Crippen molar-refractivity contribution in [1.82, 2.24) is 4.98 Å². The number of nitrogens with one attached hydrogen (secondary N) is 1. The molecule has 128 valence electrons. The lowest BCUT2D eigenvalue weighted by molar-refractivity contribution is 0.102. The van der Waals surface area contributed by atoms with E-state index in [0.717, 1.165) is 10.6 Å². The van der Waals surface area contributed by atoms with Gasteiger partial charge in [-0.3, -0.25) is 4.79 Å². The Balaban J connectivity index is 1.73. The Labute approximate surface area is 150 Å². The molecule has 0 bridgehead atoms. The minimum absolute atomic E-state index is 0.0867. The van der Waals surface area contributed by atoms with Crippen LogP contribution in [0.25, 0.3) is 10.6 Å². The Morgan fingerprint density at radius 1 is 1.16 bits per heavy atom. The maximum Gasteiger partial charge on any atom is 0.255 e. The SMILES string of the molecule is CS(=O)(=O)Cc1cccc(C(=O)Nc2ccc(-c3nccs3)cc2)c1. The smallest absolute Gasteiger partial charge is 0.255 e. The van der Waals surface area contributed by atoms with Gasteiger partial charge in [0, 0.05) is 34.6 Å². The van der Waals surface area contributed by atoms with Crippen LogP contribution in [0.3, 0.4) is 0 Å². The van der Waals surface area contributed by atoms with Crippen LogP contribution in [0.1, 0.15) is 15.9 Å². The van der Waals surface area contributed by atoms with E-state index >= 15 is 0 Å². The fourth-order valence-corrected chi connectivity index (χ4v) is 3.80. The van der Waals surface area contributed by atoms with Gasteiger partial charge in [-0.1, -0.05) is 12.1 Å². The summed E-state index contributed by atoms with van der Waals surface area (Å²) in [4.78, 5) is 16.6. The van der Waals surface area contributed by atoms with Gasteiger partial charge in [-0.05, 0) is 42.0 Å². The number of hydrogen-bond donors (Lipinski definition) is 1. The molecule has 1 heterocycles. The molecule has 0 fully saturated rings. The summed E-state index contributed by atoms with van der Waals surface area (Å²) in [5.41, 5.74) is 2.67. The van der Waals surface area contributed by atoms with Crippen LogP contribution in [-0.4, -0.2) is 25.6 Å². The number of amides is 1. The second-order valence-electron chi connectivity index (χ2n) is 5.64. The summed E-state index contributed by atoms with van der Waals surface area (Å²) in [5.74, 6) is -0.367. The molecule has 0 saturated heterocycles. The van der Waals surface area contributed by atoms with Crippen molar-refractivity contribution in [2.24, 2.45) is 0 Å². The van der Waals surface area contributed by atoms with E-state index in [-0.39, 0.29) is 11.7 Å². The maximum absolute atomic E-state index is 12.4. The summed E-state index contributed by atoms with van der Waals surface area (Å²) in [6.07, 6.45) is 2.92. The number of hydrogen-bond acceptors (Lipinski definition) is 5. The minimum Gasteiger partial charge on any atom is -0.322 e. The van der Waals surface area contributed by atoms with E-state index in [1.807, 2.05) is 29.6 Å². The van der Waals surface area contributed by atoms with Gasteiger partial charge in [0.1, 0.15) is 5.01 Å². The summed E-state index contributed by atoms with van der Waals surface area (Å²) in [7, 11) is -3.14. The highest BCUT2D eigenvalue weighted by atomic mass is 32.2. The molecule has 0 saturated carbocycles. The van der Waals surface area contributed by atoms with Gasteiger partial charge >= 0.3 is 0 Å². The average Bonchev–Trinajstić information content (AvgIpc) is 3.08. The van der Waals surface area contributed by atoms with Crippen LogP contribution in [0.5, 0.6) is 0 Å². The highest BCUT2D eigenvalue weighted by Crippen LogP contribution is 2.23. The summed E-state index contributed by atoms with van der Waals surface area (Å²) in [5, 5.41) is 5.65. The molecule has 0 aliphatic rings. The molecule has 0 aliphatic carbocycles. The second-order valence-corrected chi connectivity index (χ2v) is 8.67. The van der Waals surface area contributed by atoms with Crippen molar-refractivity contribution in [2.45, 2.75) is 5.75 Å². The standard InChI is InChI=1S/C18H16N2O3S2/c1-25(22,23)12-13-3-2-4-15(11-13)17(21)20-16-7-5-14(6-8-16)18-19-9-10-24-18/h2-11H,12H2,1H3,(H,20,21). The largest absolute Gasteiger partial charge is 0.322 e. The monoisotopic (exact) mass is 372 g/mol. The lowest BCUT2D eigenvalue weighted by Crippen LogP contribution is -2.12. The van der Waals surface area contributed by atoms with Crippen LogP contribution in [0, 0.1) is 0 Å². The molecule has 7 heteroatoms. The molecule has 1 N–H and O–H groups in total. The normalized spacial score (nSPS) is 11.2. The van der Waals surface area contributed by atoms with E-state index in [9.17, 15) is 13.2 Å². The molecule has 0 unspecified atom stereocenters. The predicted molar refractivity (Wildman–Crippen MR) is 100 cm³/mol. The van der Waals surface area contributed by atoms with Crippen LogP contribution in [0.2, 0.25) is 0 Å². The third kappa shape index (κ3) is 4.74. The van der Waals surface area contributed by atoms with Crippen LogP contribution in [0.4, 0.5) is 5.69 Å². The quantitative estimate of drug-likeness (QED) is 0.742. The van der Waals surface area contributed by atoms with E-state index in [4.69, 9.17) is 0 Å². The fraction of sp³-hybridized carbons (Fsp3) is 0.111. The Morgan fingerprint density at radius 3 is 2.56 bits per heavy atom. The first kappa shape index (κ1) is 17.3. The average molecular weight is 372 g/mol. The van der Waals surface area contributed by atoms with E-state index in [2.05, 4.69) is 10.3 Å². The first-order valence-corrected chi connectivity index (χ1v) is 10.4. The zero-order valence-electron chi connectivity index (χ0n) is 13.5. The summed E-state index contributed by atoms with van der Waals surface area (Å²) >= 11 is 1.55. The maximum atomic E-state index is 12.4. The predicted octanol–water partition coefficient (Wildman–Crippen LogP) is 3.61. The number of carbonyl (C=O) groups is 1. The van der Waals surface area contributed by atoms with Crippen LogP contribution in [-0.2, 0) is 15.6 Å². The molecule has 0 aliphatic heterocycles. The molecule has 0 radical (unpaired) electrons. The third-order valence-electron chi connectivity index (χ3n) is 3.44. The van der Waals surface area contributed by atoms with E-state index < -0.39 is 9.84 Å². The number of nitrogens with zero attached hydrogens (tertiary/aromatic N) is 1. The number of benzene rings is 2. The highest BCUT2D eigenvalue weighted by molar-refractivity contribution is 7.89. The van der Waals surface area contributed by atoms with Crippen molar-refractivity contribution in [3.8, 4) is 10.6 Å². The molecule has 5 nitrogen and oxygen atoms in total. The van der Waals surface area contributed by atoms with E-state index in [1.165, 1.54) is 6.26 Å². The Hall–Kier alpha value is -2.51. The minimum atomic E-state index is -3.14. The molecular weight excluding hydrogens is 356 g/mol. The Morgan fingerprint density at radius 2 is 1.92 bits per heavy atom. The van der Waals surface area contributed by atoms with Gasteiger partial charge in [-0.2, -0.15) is 0 Å². The molecule has 0 spiro atoms. The molecule has 2 aromatic carbocycles. The van der Waals surface area contributed by atoms with Crippen LogP contribution >= 0.6 is 11.3 Å². The molecule has 3 aromatic rings. The number of carbonyl (C=O) groups excluding carboxylic acids is 1. The van der Waals surface area contributed by atoms with Crippen molar-refractivity contribution in [3.63, 3.8) is 0 Å². The van der Waals surface area contributed by atoms with Gasteiger partial charge in [-0.15, -0.1) is 11.3 Å². The Kier molecular flexibility index (Phi) is 4.96. The van der Waals surface area contributed by atoms with Gasteiger partial charge in [0.05, 0.1) is 5.75 Å². The van der Waals surface area contributed by atoms with Crippen molar-refractivity contribution in [1.29, 1.82) is 0 Å². The number of thiazole rings is 1. The molecule has 3 rings (SSSR count). The zero-order chi connectivity index (χ0) is 17.9. The third-order valence-corrected chi connectivity index (χ3v) is 5.12. The van der Waals surface area contributed by atoms with Gasteiger partial charge in [-0.25, -0.2) is 13.4 Å². The summed E-state index contributed by atoms with van der Waals surface area (Å²) < 4.78 is 22.8. The van der Waals surface area contributed by atoms with E-state index in [1.54, 1.807) is 41.8 Å². The van der Waals surface area contributed by atoms with Crippen molar-refractivity contribution >= 4 is 32.8 Å². The molecule has 25 heavy (non-hydrogen) atoms. The van der Waals surface area contributed by atoms with Crippen molar-refractivity contribution in [3.05, 3.63) is 71.2 Å². The topological polar surface area (TPSA) is 76.1 Å². The van der Waals surface area contributed by atoms with Gasteiger partial charge in [0.15, 0.2) is 9.84 Å². The molecule has 1 aromatic heterocycles. The van der Waals surface area contributed by atoms with Crippen LogP contribution < -0.4 is 5.32 Å². The van der Waals surface area contributed by atoms with E-state index in [0.29, 0.717) is 16.8 Å². The lowest BCUT2D eigenvalue weighted by atomic mass is 10.1. The summed E-state index contributed by atoms with van der Waals surface area (Å²) in [6.45, 7) is 0. The van der Waals surface area contributed by atoms with Gasteiger partial charge < -0.3 is 5.32 Å². The lowest BCUT2D eigenvalue weighted by Gasteiger charge is -2.07. The Bertz CT molecular complexity index is 979. The number of sulfone groups is 1. The second kappa shape index (κ2) is 7.16. The van der Waals surface area contributed by atoms with Crippen molar-refractivity contribution < 1.29 is 13.2 Å².